The molecule has 1 aromatic carbocycles. The predicted octanol–water partition coefficient (Wildman–Crippen LogP) is 0.962. The first-order valence-electron chi connectivity index (χ1n) is 5.90. The maximum Gasteiger partial charge on any atom is 0.293 e. The van der Waals surface area contributed by atoms with Crippen LogP contribution in [0.25, 0.3) is 11.3 Å². The summed E-state index contributed by atoms with van der Waals surface area (Å²) in [7, 11) is 0. The maximum absolute atomic E-state index is 10.0. The van der Waals surface area contributed by atoms with Crippen molar-refractivity contribution in [2.45, 2.75) is 6.42 Å². The minimum Gasteiger partial charge on any atom is -0.467 e. The molecule has 104 valence electrons. The Kier molecular flexibility index (Phi) is 4.33. The fourth-order valence-corrected chi connectivity index (χ4v) is 1.63. The highest BCUT2D eigenvalue weighted by Gasteiger charge is 2.06. The highest BCUT2D eigenvalue weighted by molar-refractivity contribution is 5.79. The molecule has 0 unspecified atom stereocenters. The third-order valence-electron chi connectivity index (χ3n) is 2.51. The molecular formula is C13H14N4O3. The van der Waals surface area contributed by atoms with E-state index in [-0.39, 0.29) is 12.6 Å². The smallest absolute Gasteiger partial charge is 0.293 e. The van der Waals surface area contributed by atoms with Crippen molar-refractivity contribution in [1.82, 2.24) is 5.16 Å². The molecule has 1 heterocycles. The van der Waals surface area contributed by atoms with Crippen molar-refractivity contribution in [3.63, 3.8) is 0 Å². The molecule has 0 aliphatic carbocycles. The first-order chi connectivity index (χ1) is 9.69. The third-order valence-corrected chi connectivity index (χ3v) is 2.51. The van der Waals surface area contributed by atoms with Crippen molar-refractivity contribution >= 4 is 18.1 Å². The van der Waals surface area contributed by atoms with E-state index in [0.29, 0.717) is 24.3 Å². The van der Waals surface area contributed by atoms with Gasteiger partial charge in [-0.15, -0.1) is 0 Å². The molecule has 0 saturated carbocycles. The Morgan fingerprint density at radius 3 is 2.75 bits per heavy atom. The van der Waals surface area contributed by atoms with Gasteiger partial charge in [0.05, 0.1) is 18.0 Å². The van der Waals surface area contributed by atoms with Gasteiger partial charge in [0.15, 0.2) is 11.7 Å². The maximum atomic E-state index is 10.0. The Morgan fingerprint density at radius 1 is 1.35 bits per heavy atom. The van der Waals surface area contributed by atoms with Crippen molar-refractivity contribution in [2.24, 2.45) is 16.5 Å². The normalized spacial score (nSPS) is 10.0. The second kappa shape index (κ2) is 6.37. The molecule has 0 radical (unpaired) electrons. The zero-order valence-electron chi connectivity index (χ0n) is 10.7. The van der Waals surface area contributed by atoms with E-state index in [0.717, 1.165) is 11.3 Å². The summed E-state index contributed by atoms with van der Waals surface area (Å²) < 4.78 is 9.83. The summed E-state index contributed by atoms with van der Waals surface area (Å²) in [5.41, 5.74) is 12.8. The van der Waals surface area contributed by atoms with Gasteiger partial charge < -0.3 is 20.7 Å². The van der Waals surface area contributed by atoms with Crippen molar-refractivity contribution in [3.8, 4) is 11.3 Å². The van der Waals surface area contributed by atoms with Crippen LogP contribution in [0.5, 0.6) is 0 Å². The van der Waals surface area contributed by atoms with Crippen LogP contribution in [0.4, 0.5) is 5.69 Å². The van der Waals surface area contributed by atoms with Gasteiger partial charge in [-0.1, -0.05) is 5.16 Å². The number of carbonyl (C=O) groups is 1. The lowest BCUT2D eigenvalue weighted by molar-refractivity contribution is -0.128. The van der Waals surface area contributed by atoms with Crippen LogP contribution in [0.3, 0.4) is 0 Å². The highest BCUT2D eigenvalue weighted by Crippen LogP contribution is 2.23. The first-order valence-corrected chi connectivity index (χ1v) is 5.90. The number of hydrogen-bond donors (Lipinski definition) is 2. The molecule has 0 saturated heterocycles. The van der Waals surface area contributed by atoms with E-state index in [1.807, 2.05) is 12.1 Å². The lowest BCUT2D eigenvalue weighted by Gasteiger charge is -1.97. The van der Waals surface area contributed by atoms with Crippen LogP contribution in [0.2, 0.25) is 0 Å². The highest BCUT2D eigenvalue weighted by atomic mass is 16.5. The Labute approximate surface area is 115 Å². The number of guanidine groups is 1. The molecule has 4 N–H and O–H groups in total. The Morgan fingerprint density at radius 2 is 2.10 bits per heavy atom. The van der Waals surface area contributed by atoms with Gasteiger partial charge in [0, 0.05) is 18.1 Å². The second-order valence-electron chi connectivity index (χ2n) is 3.98. The van der Waals surface area contributed by atoms with E-state index >= 15 is 0 Å². The molecule has 0 bridgehead atoms. The number of rotatable bonds is 6. The number of aromatic nitrogens is 1. The molecule has 2 rings (SSSR count). The van der Waals surface area contributed by atoms with Crippen LogP contribution in [-0.4, -0.2) is 24.2 Å². The molecule has 0 atom stereocenters. The Hall–Kier alpha value is -2.83. The molecule has 0 aliphatic rings. The summed E-state index contributed by atoms with van der Waals surface area (Å²) in [5, 5.41) is 3.90. The fraction of sp³-hybridized carbons (Fsp3) is 0.154. The van der Waals surface area contributed by atoms with Gasteiger partial charge in [0.25, 0.3) is 6.47 Å². The zero-order chi connectivity index (χ0) is 14.4. The Balaban J connectivity index is 2.08. The third kappa shape index (κ3) is 3.58. The van der Waals surface area contributed by atoms with E-state index in [9.17, 15) is 4.79 Å². The van der Waals surface area contributed by atoms with E-state index < -0.39 is 0 Å². The summed E-state index contributed by atoms with van der Waals surface area (Å²) in [6.45, 7) is 0.683. The fourth-order valence-electron chi connectivity index (χ4n) is 1.63. The lowest BCUT2D eigenvalue weighted by Crippen LogP contribution is -2.21. The van der Waals surface area contributed by atoms with Crippen LogP contribution in [0.1, 0.15) is 5.69 Å². The van der Waals surface area contributed by atoms with Gasteiger partial charge in [0.2, 0.25) is 0 Å². The SMILES string of the molecule is NC(N)=Nc1ccc(-c2cc(CCOC=O)no2)cc1. The van der Waals surface area contributed by atoms with Crippen LogP contribution in [0.15, 0.2) is 39.8 Å². The zero-order valence-corrected chi connectivity index (χ0v) is 10.7. The van der Waals surface area contributed by atoms with Gasteiger partial charge in [-0.05, 0) is 24.3 Å². The summed E-state index contributed by atoms with van der Waals surface area (Å²) >= 11 is 0. The summed E-state index contributed by atoms with van der Waals surface area (Å²) in [6, 6.07) is 8.99. The summed E-state index contributed by atoms with van der Waals surface area (Å²) in [5.74, 6) is 0.636. The van der Waals surface area contributed by atoms with Gasteiger partial charge >= 0.3 is 0 Å². The molecule has 1 aromatic heterocycles. The number of benzene rings is 1. The molecule has 7 nitrogen and oxygen atoms in total. The van der Waals surface area contributed by atoms with Crippen molar-refractivity contribution < 1.29 is 14.1 Å². The molecular weight excluding hydrogens is 260 g/mol. The molecule has 0 amide bonds. The van der Waals surface area contributed by atoms with Gasteiger partial charge in [-0.2, -0.15) is 0 Å². The molecule has 20 heavy (non-hydrogen) atoms. The molecule has 7 heteroatoms. The van der Waals surface area contributed by atoms with E-state index in [1.54, 1.807) is 18.2 Å². The van der Waals surface area contributed by atoms with E-state index in [1.165, 1.54) is 0 Å². The molecule has 0 fully saturated rings. The van der Waals surface area contributed by atoms with Gasteiger partial charge in [-0.25, -0.2) is 4.99 Å². The van der Waals surface area contributed by atoms with Gasteiger partial charge in [0.1, 0.15) is 0 Å². The quantitative estimate of drug-likeness (QED) is 0.351. The van der Waals surface area contributed by atoms with Crippen LogP contribution in [-0.2, 0) is 16.0 Å². The largest absolute Gasteiger partial charge is 0.467 e. The number of nitrogens with two attached hydrogens (primary N) is 2. The minimum absolute atomic E-state index is 0.00915. The van der Waals surface area contributed by atoms with Gasteiger partial charge in [-0.3, -0.25) is 4.79 Å². The average molecular weight is 274 g/mol. The number of carbonyl (C=O) groups excluding carboxylic acids is 1. The monoisotopic (exact) mass is 274 g/mol. The lowest BCUT2D eigenvalue weighted by atomic mass is 10.1. The topological polar surface area (TPSA) is 117 Å². The van der Waals surface area contributed by atoms with Crippen molar-refractivity contribution in [3.05, 3.63) is 36.0 Å². The van der Waals surface area contributed by atoms with Crippen molar-refractivity contribution in [2.75, 3.05) is 6.61 Å². The van der Waals surface area contributed by atoms with E-state index in [2.05, 4.69) is 14.9 Å². The summed E-state index contributed by atoms with van der Waals surface area (Å²) in [6.07, 6.45) is 0.508. The van der Waals surface area contributed by atoms with Crippen LogP contribution in [0, 0.1) is 0 Å². The number of hydrogen-bond acceptors (Lipinski definition) is 5. The predicted molar refractivity (Wildman–Crippen MR) is 73.1 cm³/mol. The average Bonchev–Trinajstić information content (AvgIpc) is 2.88. The van der Waals surface area contributed by atoms with Crippen molar-refractivity contribution in [1.29, 1.82) is 0 Å². The second-order valence-corrected chi connectivity index (χ2v) is 3.98. The van der Waals surface area contributed by atoms with Crippen LogP contribution >= 0.6 is 0 Å². The Bertz CT molecular complexity index is 600. The molecule has 2 aromatic rings. The number of nitrogens with zero attached hydrogens (tertiary/aromatic N) is 2. The standard InChI is InChI=1S/C13H14N4O3/c14-13(15)16-10-3-1-9(2-4-10)12-7-11(17-20-12)5-6-19-8-18/h1-4,7-8H,5-6H2,(H4,14,15,16). The number of ether oxygens (including phenoxy) is 1. The van der Waals surface area contributed by atoms with E-state index in [4.69, 9.17) is 16.0 Å². The molecule has 0 aliphatic heterocycles. The molecule has 0 spiro atoms. The summed E-state index contributed by atoms with van der Waals surface area (Å²) in [4.78, 5) is 14.0. The van der Waals surface area contributed by atoms with Crippen LogP contribution < -0.4 is 11.5 Å². The first kappa shape index (κ1) is 13.6. The minimum atomic E-state index is 0.00915. The number of aliphatic imine (C=N–C) groups is 1.